The van der Waals surface area contributed by atoms with Gasteiger partial charge in [-0.05, 0) is 19.1 Å². The molecule has 136 valence electrons. The van der Waals surface area contributed by atoms with Gasteiger partial charge in [0.05, 0.1) is 25.2 Å². The lowest BCUT2D eigenvalue weighted by molar-refractivity contribution is -0.115. The fourth-order valence-electron chi connectivity index (χ4n) is 1.99. The Morgan fingerprint density at radius 2 is 2.00 bits per heavy atom. The minimum atomic E-state index is -0.375. The molecule has 0 fully saturated rings. The standard InChI is InChI=1S/C17H24N4O3S/c1-10(25-16-19-15(20-21-16)17(2,3)4)14(22)18-12-9-11(23-5)7-8-13(12)24-6/h7-10H,1-6H3,(H,18,22)(H,19,20,21)/t10-/m0/s1. The average Bonchev–Trinajstić information content (AvgIpc) is 3.03. The van der Waals surface area contributed by atoms with Gasteiger partial charge in [0.1, 0.15) is 17.3 Å². The highest BCUT2D eigenvalue weighted by Crippen LogP contribution is 2.30. The summed E-state index contributed by atoms with van der Waals surface area (Å²) in [5, 5.41) is 10.1. The highest BCUT2D eigenvalue weighted by Gasteiger charge is 2.22. The molecule has 1 amide bonds. The number of hydrogen-bond donors (Lipinski definition) is 2. The first-order chi connectivity index (χ1) is 11.7. The molecule has 0 aliphatic rings. The topological polar surface area (TPSA) is 89.1 Å². The Labute approximate surface area is 151 Å². The van der Waals surface area contributed by atoms with E-state index < -0.39 is 0 Å². The molecule has 2 N–H and O–H groups in total. The first-order valence-electron chi connectivity index (χ1n) is 7.87. The fraction of sp³-hybridized carbons (Fsp3) is 0.471. The number of H-pyrrole nitrogens is 1. The van der Waals surface area contributed by atoms with Gasteiger partial charge in [0.2, 0.25) is 11.1 Å². The lowest BCUT2D eigenvalue weighted by atomic mass is 9.96. The summed E-state index contributed by atoms with van der Waals surface area (Å²) in [6.45, 7) is 7.95. The van der Waals surface area contributed by atoms with Gasteiger partial charge in [0.15, 0.2) is 0 Å². The molecule has 0 aliphatic carbocycles. The number of anilines is 1. The van der Waals surface area contributed by atoms with Crippen LogP contribution in [0, 0.1) is 0 Å². The maximum Gasteiger partial charge on any atom is 0.237 e. The average molecular weight is 364 g/mol. The van der Waals surface area contributed by atoms with Gasteiger partial charge in [0.25, 0.3) is 0 Å². The molecule has 0 unspecified atom stereocenters. The van der Waals surface area contributed by atoms with Crippen LogP contribution in [0.25, 0.3) is 0 Å². The van der Waals surface area contributed by atoms with Crippen LogP contribution in [0.15, 0.2) is 23.4 Å². The number of benzene rings is 1. The monoisotopic (exact) mass is 364 g/mol. The second kappa shape index (κ2) is 7.77. The number of thioether (sulfide) groups is 1. The number of ether oxygens (including phenoxy) is 2. The molecule has 0 radical (unpaired) electrons. The number of carbonyl (C=O) groups is 1. The smallest absolute Gasteiger partial charge is 0.237 e. The maximum atomic E-state index is 12.5. The third kappa shape index (κ3) is 4.88. The molecular weight excluding hydrogens is 340 g/mol. The predicted molar refractivity (Wildman–Crippen MR) is 98.6 cm³/mol. The molecule has 8 heteroatoms. The highest BCUT2D eigenvalue weighted by molar-refractivity contribution is 8.00. The van der Waals surface area contributed by atoms with E-state index in [0.717, 1.165) is 5.82 Å². The van der Waals surface area contributed by atoms with Gasteiger partial charge < -0.3 is 14.8 Å². The number of carbonyl (C=O) groups excluding carboxylic acids is 1. The Balaban J connectivity index is 2.07. The summed E-state index contributed by atoms with van der Waals surface area (Å²) in [5.41, 5.74) is 0.440. The number of aromatic nitrogens is 3. The molecular formula is C17H24N4O3S. The number of nitrogens with one attached hydrogen (secondary N) is 2. The van der Waals surface area contributed by atoms with Crippen LogP contribution in [0.5, 0.6) is 11.5 Å². The van der Waals surface area contributed by atoms with Gasteiger partial charge in [0, 0.05) is 11.5 Å². The predicted octanol–water partition coefficient (Wildman–Crippen LogP) is 3.24. The van der Waals surface area contributed by atoms with Crippen LogP contribution >= 0.6 is 11.8 Å². The van der Waals surface area contributed by atoms with Gasteiger partial charge in [-0.15, -0.1) is 5.10 Å². The molecule has 25 heavy (non-hydrogen) atoms. The van der Waals surface area contributed by atoms with E-state index in [4.69, 9.17) is 9.47 Å². The Morgan fingerprint density at radius 1 is 1.28 bits per heavy atom. The molecule has 0 saturated carbocycles. The van der Waals surface area contributed by atoms with E-state index in [-0.39, 0.29) is 16.6 Å². The van der Waals surface area contributed by atoms with E-state index in [1.807, 2.05) is 20.8 Å². The Hall–Kier alpha value is -2.22. The molecule has 0 aliphatic heterocycles. The van der Waals surface area contributed by atoms with Crippen LogP contribution in [0.4, 0.5) is 5.69 Å². The molecule has 1 heterocycles. The van der Waals surface area contributed by atoms with Gasteiger partial charge in [-0.25, -0.2) is 4.98 Å². The molecule has 0 spiro atoms. The fourth-order valence-corrected chi connectivity index (χ4v) is 2.72. The first-order valence-corrected chi connectivity index (χ1v) is 8.75. The van der Waals surface area contributed by atoms with E-state index in [1.54, 1.807) is 39.3 Å². The molecule has 1 aromatic carbocycles. The Bertz CT molecular complexity index is 740. The number of methoxy groups -OCH3 is 2. The number of nitrogens with zero attached hydrogens (tertiary/aromatic N) is 2. The SMILES string of the molecule is COc1ccc(OC)c(NC(=O)[C@H](C)Sc2n[nH]c(C(C)(C)C)n2)c1. The molecule has 2 rings (SSSR count). The van der Waals surface area contributed by atoms with Crippen molar-refractivity contribution >= 4 is 23.4 Å². The second-order valence-corrected chi connectivity index (χ2v) is 7.84. The zero-order valence-electron chi connectivity index (χ0n) is 15.3. The van der Waals surface area contributed by atoms with Gasteiger partial charge >= 0.3 is 0 Å². The number of amides is 1. The zero-order valence-corrected chi connectivity index (χ0v) is 16.2. The number of rotatable bonds is 6. The van der Waals surface area contributed by atoms with Gasteiger partial charge in [-0.1, -0.05) is 32.5 Å². The zero-order chi connectivity index (χ0) is 18.6. The summed E-state index contributed by atoms with van der Waals surface area (Å²) in [6.07, 6.45) is 0. The number of hydrogen-bond acceptors (Lipinski definition) is 6. The van der Waals surface area contributed by atoms with Gasteiger partial charge in [-0.2, -0.15) is 0 Å². The van der Waals surface area contributed by atoms with Crippen LogP contribution in [0.2, 0.25) is 0 Å². The summed E-state index contributed by atoms with van der Waals surface area (Å²) < 4.78 is 10.5. The minimum absolute atomic E-state index is 0.120. The normalized spacial score (nSPS) is 12.6. The minimum Gasteiger partial charge on any atom is -0.497 e. The first kappa shape index (κ1) is 19.1. The van der Waals surface area contributed by atoms with E-state index in [1.165, 1.54) is 11.8 Å². The van der Waals surface area contributed by atoms with Crippen LogP contribution < -0.4 is 14.8 Å². The highest BCUT2D eigenvalue weighted by atomic mass is 32.2. The lowest BCUT2D eigenvalue weighted by Gasteiger charge is -2.14. The van der Waals surface area contributed by atoms with Crippen molar-refractivity contribution in [2.45, 2.75) is 43.5 Å². The quantitative estimate of drug-likeness (QED) is 0.765. The Kier molecular flexibility index (Phi) is 5.94. The molecule has 1 atom stereocenters. The largest absolute Gasteiger partial charge is 0.497 e. The molecule has 2 aromatic rings. The summed E-state index contributed by atoms with van der Waals surface area (Å²) >= 11 is 1.29. The van der Waals surface area contributed by atoms with Crippen molar-refractivity contribution in [1.82, 2.24) is 15.2 Å². The summed E-state index contributed by atoms with van der Waals surface area (Å²) in [7, 11) is 3.12. The van der Waals surface area contributed by atoms with E-state index in [9.17, 15) is 4.79 Å². The summed E-state index contributed by atoms with van der Waals surface area (Å²) in [4.78, 5) is 16.9. The van der Waals surface area contributed by atoms with Crippen molar-refractivity contribution in [3.8, 4) is 11.5 Å². The van der Waals surface area contributed by atoms with E-state index >= 15 is 0 Å². The summed E-state index contributed by atoms with van der Waals surface area (Å²) in [5.74, 6) is 1.83. The lowest BCUT2D eigenvalue weighted by Crippen LogP contribution is -2.23. The van der Waals surface area contributed by atoms with E-state index in [2.05, 4.69) is 20.5 Å². The van der Waals surface area contributed by atoms with Crippen LogP contribution in [0.3, 0.4) is 0 Å². The molecule has 7 nitrogen and oxygen atoms in total. The van der Waals surface area contributed by atoms with Crippen molar-refractivity contribution in [1.29, 1.82) is 0 Å². The summed E-state index contributed by atoms with van der Waals surface area (Å²) in [6, 6.07) is 5.24. The van der Waals surface area contributed by atoms with Crippen LogP contribution in [0.1, 0.15) is 33.5 Å². The van der Waals surface area contributed by atoms with Crippen LogP contribution in [-0.2, 0) is 10.2 Å². The van der Waals surface area contributed by atoms with Crippen LogP contribution in [-0.4, -0.2) is 40.6 Å². The third-order valence-corrected chi connectivity index (χ3v) is 4.45. The Morgan fingerprint density at radius 3 is 2.56 bits per heavy atom. The van der Waals surface area contributed by atoms with Crippen molar-refractivity contribution in [2.24, 2.45) is 0 Å². The van der Waals surface area contributed by atoms with Crippen molar-refractivity contribution in [3.63, 3.8) is 0 Å². The molecule has 1 aromatic heterocycles. The molecule has 0 saturated heterocycles. The molecule has 0 bridgehead atoms. The van der Waals surface area contributed by atoms with E-state index in [0.29, 0.717) is 22.3 Å². The number of aromatic amines is 1. The van der Waals surface area contributed by atoms with Crippen molar-refractivity contribution in [3.05, 3.63) is 24.0 Å². The van der Waals surface area contributed by atoms with Crippen molar-refractivity contribution in [2.75, 3.05) is 19.5 Å². The maximum absolute atomic E-state index is 12.5. The third-order valence-electron chi connectivity index (χ3n) is 3.49. The van der Waals surface area contributed by atoms with Gasteiger partial charge in [-0.3, -0.25) is 9.89 Å². The van der Waals surface area contributed by atoms with Crippen molar-refractivity contribution < 1.29 is 14.3 Å². The second-order valence-electron chi connectivity index (χ2n) is 6.53.